The van der Waals surface area contributed by atoms with Crippen LogP contribution in [0.3, 0.4) is 0 Å². The van der Waals surface area contributed by atoms with Crippen LogP contribution in [-0.2, 0) is 11.3 Å². The van der Waals surface area contributed by atoms with Gasteiger partial charge in [-0.1, -0.05) is 18.2 Å². The van der Waals surface area contributed by atoms with Gasteiger partial charge in [0.25, 0.3) is 11.2 Å². The van der Waals surface area contributed by atoms with Crippen LogP contribution in [-0.4, -0.2) is 15.4 Å². The molecule has 0 aliphatic carbocycles. The van der Waals surface area contributed by atoms with E-state index in [1.807, 2.05) is 30.3 Å². The van der Waals surface area contributed by atoms with Gasteiger partial charge in [-0.2, -0.15) is 0 Å². The van der Waals surface area contributed by atoms with E-state index in [1.54, 1.807) is 24.3 Å². The number of carbonyl (C=O) groups is 1. The minimum absolute atomic E-state index is 0.259. The van der Waals surface area contributed by atoms with Gasteiger partial charge in [0.1, 0.15) is 18.0 Å². The number of aromatic nitrogens is 1. The normalized spacial score (nSPS) is 10.2. The smallest absolute Gasteiger partial charge is 0.285 e. The fourth-order valence-electron chi connectivity index (χ4n) is 2.34. The summed E-state index contributed by atoms with van der Waals surface area (Å²) in [6.45, 7) is -0.331. The highest BCUT2D eigenvalue weighted by Crippen LogP contribution is 2.22. The van der Waals surface area contributed by atoms with E-state index in [0.717, 1.165) is 22.9 Å². The molecule has 1 aromatic heterocycles. The van der Waals surface area contributed by atoms with Gasteiger partial charge in [0.05, 0.1) is 11.1 Å². The number of anilines is 1. The number of hydrogen-bond acceptors (Lipinski definition) is 5. The molecule has 8 nitrogen and oxygen atoms in total. The molecule has 0 spiro atoms. The van der Waals surface area contributed by atoms with Crippen molar-refractivity contribution in [3.05, 3.63) is 93.4 Å². The lowest BCUT2D eigenvalue weighted by Crippen LogP contribution is -2.26. The highest BCUT2D eigenvalue weighted by Gasteiger charge is 2.11. The Balaban J connectivity index is 1.64. The Bertz CT molecular complexity index is 1010. The van der Waals surface area contributed by atoms with Gasteiger partial charge in [0.2, 0.25) is 5.91 Å². The third-order valence-corrected chi connectivity index (χ3v) is 3.61. The number of para-hydroxylation sites is 1. The Morgan fingerprint density at radius 1 is 1.00 bits per heavy atom. The first-order valence-electron chi connectivity index (χ1n) is 7.99. The number of nitro groups is 1. The fourth-order valence-corrected chi connectivity index (χ4v) is 2.34. The molecule has 8 heteroatoms. The molecule has 3 rings (SSSR count). The summed E-state index contributed by atoms with van der Waals surface area (Å²) in [4.78, 5) is 34.0. The number of ether oxygens (including phenoxy) is 1. The topological polar surface area (TPSA) is 103 Å². The van der Waals surface area contributed by atoms with Crippen LogP contribution in [0.5, 0.6) is 11.5 Å². The second kappa shape index (κ2) is 7.96. The summed E-state index contributed by atoms with van der Waals surface area (Å²) in [5.41, 5.74) is -0.244. The summed E-state index contributed by atoms with van der Waals surface area (Å²) in [5, 5.41) is 13.4. The number of rotatable bonds is 6. The van der Waals surface area contributed by atoms with Crippen molar-refractivity contribution in [2.45, 2.75) is 6.54 Å². The maximum absolute atomic E-state index is 12.1. The molecule has 1 heterocycles. The van der Waals surface area contributed by atoms with Crippen LogP contribution in [0.1, 0.15) is 0 Å². The summed E-state index contributed by atoms with van der Waals surface area (Å²) in [6.07, 6.45) is 1.04. The molecule has 0 saturated heterocycles. The van der Waals surface area contributed by atoms with Gasteiger partial charge in [0.15, 0.2) is 0 Å². The largest absolute Gasteiger partial charge is 0.457 e. The molecule has 0 unspecified atom stereocenters. The average molecular weight is 365 g/mol. The van der Waals surface area contributed by atoms with Gasteiger partial charge >= 0.3 is 0 Å². The highest BCUT2D eigenvalue weighted by molar-refractivity contribution is 5.90. The van der Waals surface area contributed by atoms with Crippen LogP contribution in [0.4, 0.5) is 11.4 Å². The molecule has 1 amide bonds. The van der Waals surface area contributed by atoms with Gasteiger partial charge in [-0.15, -0.1) is 0 Å². The Hall–Kier alpha value is -3.94. The van der Waals surface area contributed by atoms with Crippen LogP contribution < -0.4 is 15.6 Å². The van der Waals surface area contributed by atoms with Crippen LogP contribution in [0.25, 0.3) is 0 Å². The van der Waals surface area contributed by atoms with Crippen molar-refractivity contribution in [1.82, 2.24) is 4.57 Å². The fraction of sp³-hybridized carbons (Fsp3) is 0.0526. The lowest BCUT2D eigenvalue weighted by atomic mass is 10.3. The third-order valence-electron chi connectivity index (χ3n) is 3.61. The molecule has 0 atom stereocenters. The monoisotopic (exact) mass is 365 g/mol. The van der Waals surface area contributed by atoms with Crippen molar-refractivity contribution in [2.24, 2.45) is 0 Å². The van der Waals surface area contributed by atoms with E-state index in [9.17, 15) is 19.7 Å². The second-order valence-electron chi connectivity index (χ2n) is 5.60. The van der Waals surface area contributed by atoms with Gasteiger partial charge < -0.3 is 10.1 Å². The van der Waals surface area contributed by atoms with Gasteiger partial charge in [-0.05, 0) is 36.4 Å². The number of carbonyl (C=O) groups excluding carboxylic acids is 1. The lowest BCUT2D eigenvalue weighted by molar-refractivity contribution is -0.385. The molecule has 0 aliphatic rings. The molecule has 3 aromatic rings. The predicted octanol–water partition coefficient (Wildman–Crippen LogP) is 3.19. The molecule has 0 bridgehead atoms. The molecular formula is C19H15N3O5. The first-order valence-corrected chi connectivity index (χ1v) is 7.99. The average Bonchev–Trinajstić information content (AvgIpc) is 2.66. The summed E-state index contributed by atoms with van der Waals surface area (Å²) >= 11 is 0. The lowest BCUT2D eigenvalue weighted by Gasteiger charge is -2.09. The first kappa shape index (κ1) is 17.9. The number of benzene rings is 2. The van der Waals surface area contributed by atoms with Gasteiger partial charge in [0, 0.05) is 17.8 Å². The predicted molar refractivity (Wildman–Crippen MR) is 98.9 cm³/mol. The number of pyridine rings is 1. The Morgan fingerprint density at radius 3 is 2.33 bits per heavy atom. The number of hydrogen-bond donors (Lipinski definition) is 1. The molecule has 2 aromatic carbocycles. The summed E-state index contributed by atoms with van der Waals surface area (Å²) in [6, 6.07) is 18.1. The van der Waals surface area contributed by atoms with Crippen LogP contribution in [0.2, 0.25) is 0 Å². The van der Waals surface area contributed by atoms with Crippen LogP contribution in [0, 0.1) is 10.1 Å². The maximum atomic E-state index is 12.1. The Morgan fingerprint density at radius 2 is 1.67 bits per heavy atom. The van der Waals surface area contributed by atoms with Crippen LogP contribution >= 0.6 is 0 Å². The zero-order valence-electron chi connectivity index (χ0n) is 14.1. The summed E-state index contributed by atoms with van der Waals surface area (Å²) < 4.78 is 6.65. The minimum atomic E-state index is -0.626. The maximum Gasteiger partial charge on any atom is 0.285 e. The van der Waals surface area contributed by atoms with Gasteiger partial charge in [-0.25, -0.2) is 0 Å². The quantitative estimate of drug-likeness (QED) is 0.534. The minimum Gasteiger partial charge on any atom is -0.457 e. The third kappa shape index (κ3) is 4.79. The number of nitrogens with zero attached hydrogens (tertiary/aromatic N) is 2. The highest BCUT2D eigenvalue weighted by atomic mass is 16.6. The zero-order chi connectivity index (χ0) is 19.2. The van der Waals surface area contributed by atoms with E-state index >= 15 is 0 Å². The van der Waals surface area contributed by atoms with E-state index < -0.39 is 16.4 Å². The molecule has 0 aliphatic heterocycles. The Labute approximate surface area is 153 Å². The zero-order valence-corrected chi connectivity index (χ0v) is 14.1. The number of nitrogens with one attached hydrogen (secondary N) is 1. The van der Waals surface area contributed by atoms with Crippen LogP contribution in [0.15, 0.2) is 77.7 Å². The number of amides is 1. The van der Waals surface area contributed by atoms with E-state index in [1.165, 1.54) is 0 Å². The molecule has 136 valence electrons. The summed E-state index contributed by atoms with van der Waals surface area (Å²) in [7, 11) is 0. The van der Waals surface area contributed by atoms with E-state index in [4.69, 9.17) is 4.74 Å². The second-order valence-corrected chi connectivity index (χ2v) is 5.60. The van der Waals surface area contributed by atoms with E-state index in [0.29, 0.717) is 17.2 Å². The van der Waals surface area contributed by atoms with E-state index in [2.05, 4.69) is 5.32 Å². The SMILES string of the molecule is O=C(Cn1cc([N+](=O)[O-])ccc1=O)Nc1ccc(Oc2ccccc2)cc1. The van der Waals surface area contributed by atoms with Crippen molar-refractivity contribution in [3.63, 3.8) is 0 Å². The molecule has 0 saturated carbocycles. The first-order chi connectivity index (χ1) is 13.0. The van der Waals surface area contributed by atoms with Crippen molar-refractivity contribution < 1.29 is 14.5 Å². The molecular weight excluding hydrogens is 350 g/mol. The Kier molecular flexibility index (Phi) is 5.27. The molecule has 0 fully saturated rings. The summed E-state index contributed by atoms with van der Waals surface area (Å²) in [5.74, 6) is 0.822. The molecule has 0 radical (unpaired) electrons. The molecule has 1 N–H and O–H groups in total. The van der Waals surface area contributed by atoms with Crippen molar-refractivity contribution in [2.75, 3.05) is 5.32 Å². The van der Waals surface area contributed by atoms with Gasteiger partial charge in [-0.3, -0.25) is 24.3 Å². The standard InChI is InChI=1S/C19H15N3O5/c23-18(13-21-12-15(22(25)26)8-11-19(21)24)20-14-6-9-17(10-7-14)27-16-4-2-1-3-5-16/h1-12H,13H2,(H,20,23). The van der Waals surface area contributed by atoms with Crippen molar-refractivity contribution in [1.29, 1.82) is 0 Å². The molecule has 27 heavy (non-hydrogen) atoms. The van der Waals surface area contributed by atoms with Crippen molar-refractivity contribution >= 4 is 17.3 Å². The van der Waals surface area contributed by atoms with E-state index in [-0.39, 0.29) is 12.2 Å². The van der Waals surface area contributed by atoms with Crippen molar-refractivity contribution in [3.8, 4) is 11.5 Å².